The summed E-state index contributed by atoms with van der Waals surface area (Å²) in [7, 11) is 0. The third kappa shape index (κ3) is 10.6. The molecular formula is C20H34O2. The fourth-order valence-electron chi connectivity index (χ4n) is 3.03. The quantitative estimate of drug-likeness (QED) is 0.309. The van der Waals surface area contributed by atoms with E-state index in [1.807, 2.05) is 0 Å². The maximum Gasteiger partial charge on any atom is 0.303 e. The molecule has 1 fully saturated rings. The molecule has 0 aromatic heterocycles. The van der Waals surface area contributed by atoms with Gasteiger partial charge in [0, 0.05) is 6.42 Å². The van der Waals surface area contributed by atoms with Gasteiger partial charge >= 0.3 is 5.97 Å². The van der Waals surface area contributed by atoms with Crippen LogP contribution in [0.4, 0.5) is 0 Å². The summed E-state index contributed by atoms with van der Waals surface area (Å²) in [4.78, 5) is 10.3. The fourth-order valence-corrected chi connectivity index (χ4v) is 3.03. The molecule has 2 unspecified atom stereocenters. The van der Waals surface area contributed by atoms with Crippen LogP contribution >= 0.6 is 0 Å². The summed E-state index contributed by atoms with van der Waals surface area (Å²) in [5.74, 6) is 1.38. The van der Waals surface area contributed by atoms with Gasteiger partial charge in [0.15, 0.2) is 0 Å². The zero-order valence-corrected chi connectivity index (χ0v) is 14.3. The van der Waals surface area contributed by atoms with Crippen molar-refractivity contribution in [2.45, 2.75) is 84.0 Å². The minimum atomic E-state index is -0.685. The van der Waals surface area contributed by atoms with Gasteiger partial charge in [-0.15, -0.1) is 0 Å². The number of allylic oxidation sites excluding steroid dienone is 4. The summed E-state index contributed by atoms with van der Waals surface area (Å²) in [6.07, 6.45) is 22.8. The molecule has 0 aromatic carbocycles. The van der Waals surface area contributed by atoms with Crippen LogP contribution in [-0.4, -0.2) is 11.1 Å². The Morgan fingerprint density at radius 2 is 1.68 bits per heavy atom. The van der Waals surface area contributed by atoms with Crippen LogP contribution in [0.5, 0.6) is 0 Å². The Morgan fingerprint density at radius 3 is 2.41 bits per heavy atom. The Morgan fingerprint density at radius 1 is 0.955 bits per heavy atom. The first-order valence-electron chi connectivity index (χ1n) is 9.25. The predicted molar refractivity (Wildman–Crippen MR) is 94.0 cm³/mol. The molecule has 126 valence electrons. The smallest absolute Gasteiger partial charge is 0.303 e. The van der Waals surface area contributed by atoms with Crippen LogP contribution in [0.15, 0.2) is 24.3 Å². The summed E-state index contributed by atoms with van der Waals surface area (Å²) in [6.45, 7) is 2.28. The summed E-state index contributed by atoms with van der Waals surface area (Å²) in [5, 5.41) is 8.52. The first-order valence-corrected chi connectivity index (χ1v) is 9.25. The monoisotopic (exact) mass is 306 g/mol. The molecule has 1 saturated carbocycles. The highest BCUT2D eigenvalue weighted by Crippen LogP contribution is 2.45. The van der Waals surface area contributed by atoms with E-state index in [2.05, 4.69) is 31.2 Å². The standard InChI is InChI=1S/C20H34O2/c1-2-3-11-14-18-17-19(18)15-12-9-7-5-4-6-8-10-13-16-20(21)22/h4,6-7,9,18-19H,2-3,5,8,10-17H2,1H3,(H,21,22)/b6-4-,9-7-. The average molecular weight is 306 g/mol. The average Bonchev–Trinajstić information content (AvgIpc) is 3.23. The van der Waals surface area contributed by atoms with Crippen LogP contribution in [0.25, 0.3) is 0 Å². The molecule has 0 amide bonds. The Balaban J connectivity index is 1.86. The van der Waals surface area contributed by atoms with E-state index in [0.717, 1.165) is 37.5 Å². The largest absolute Gasteiger partial charge is 0.481 e. The van der Waals surface area contributed by atoms with E-state index < -0.39 is 5.97 Å². The second-order valence-electron chi connectivity index (χ2n) is 6.65. The molecule has 0 heterocycles. The zero-order valence-electron chi connectivity index (χ0n) is 14.3. The van der Waals surface area contributed by atoms with Gasteiger partial charge in [-0.05, 0) is 56.8 Å². The molecule has 0 spiro atoms. The molecule has 1 aliphatic carbocycles. The molecule has 1 aliphatic rings. The lowest BCUT2D eigenvalue weighted by molar-refractivity contribution is -0.137. The molecule has 0 radical (unpaired) electrons. The van der Waals surface area contributed by atoms with Gasteiger partial charge in [0.05, 0.1) is 0 Å². The first-order chi connectivity index (χ1) is 10.7. The predicted octanol–water partition coefficient (Wildman–Crippen LogP) is 6.13. The first kappa shape index (κ1) is 19.0. The summed E-state index contributed by atoms with van der Waals surface area (Å²) < 4.78 is 0. The SMILES string of the molecule is CCCCCC1CC1CC/C=C\C/C=C\CCCCC(=O)O. The Kier molecular flexibility index (Phi) is 10.8. The number of carbonyl (C=O) groups is 1. The van der Waals surface area contributed by atoms with E-state index in [1.165, 1.54) is 44.9 Å². The molecule has 0 aromatic rings. The van der Waals surface area contributed by atoms with Gasteiger partial charge in [0.1, 0.15) is 0 Å². The highest BCUT2D eigenvalue weighted by Gasteiger charge is 2.34. The van der Waals surface area contributed by atoms with E-state index in [-0.39, 0.29) is 0 Å². The molecule has 2 nitrogen and oxygen atoms in total. The molecule has 1 rings (SSSR count). The minimum Gasteiger partial charge on any atom is -0.481 e. The van der Waals surface area contributed by atoms with Crippen molar-refractivity contribution < 1.29 is 9.90 Å². The number of rotatable bonds is 14. The molecule has 0 aliphatic heterocycles. The molecule has 22 heavy (non-hydrogen) atoms. The third-order valence-electron chi connectivity index (χ3n) is 4.57. The van der Waals surface area contributed by atoms with Gasteiger partial charge in [-0.1, -0.05) is 56.9 Å². The molecule has 1 N–H and O–H groups in total. The van der Waals surface area contributed by atoms with Crippen molar-refractivity contribution in [3.63, 3.8) is 0 Å². The van der Waals surface area contributed by atoms with Crippen molar-refractivity contribution in [3.8, 4) is 0 Å². The lowest BCUT2D eigenvalue weighted by Crippen LogP contribution is -1.92. The van der Waals surface area contributed by atoms with Gasteiger partial charge < -0.3 is 5.11 Å². The van der Waals surface area contributed by atoms with Gasteiger partial charge in [-0.2, -0.15) is 0 Å². The van der Waals surface area contributed by atoms with E-state index >= 15 is 0 Å². The van der Waals surface area contributed by atoms with Crippen LogP contribution in [0.3, 0.4) is 0 Å². The zero-order chi connectivity index (χ0) is 16.0. The number of carboxylic acid groups (broad SMARTS) is 1. The summed E-state index contributed by atoms with van der Waals surface area (Å²) >= 11 is 0. The van der Waals surface area contributed by atoms with Crippen LogP contribution in [-0.2, 0) is 4.79 Å². The molecule has 0 bridgehead atoms. The minimum absolute atomic E-state index is 0.300. The Bertz CT molecular complexity index is 344. The van der Waals surface area contributed by atoms with E-state index in [9.17, 15) is 4.79 Å². The number of hydrogen-bond acceptors (Lipinski definition) is 1. The van der Waals surface area contributed by atoms with Crippen LogP contribution < -0.4 is 0 Å². The van der Waals surface area contributed by atoms with E-state index in [0.29, 0.717) is 6.42 Å². The van der Waals surface area contributed by atoms with Crippen molar-refractivity contribution in [2.75, 3.05) is 0 Å². The van der Waals surface area contributed by atoms with Crippen molar-refractivity contribution in [2.24, 2.45) is 11.8 Å². The molecule has 2 heteroatoms. The third-order valence-corrected chi connectivity index (χ3v) is 4.57. The molecule has 2 atom stereocenters. The van der Waals surface area contributed by atoms with Crippen LogP contribution in [0.2, 0.25) is 0 Å². The lowest BCUT2D eigenvalue weighted by Gasteiger charge is -1.98. The summed E-state index contributed by atoms with van der Waals surface area (Å²) in [6, 6.07) is 0. The van der Waals surface area contributed by atoms with Gasteiger partial charge in [0.2, 0.25) is 0 Å². The molecule has 0 saturated heterocycles. The Hall–Kier alpha value is -1.05. The highest BCUT2D eigenvalue weighted by molar-refractivity contribution is 5.66. The lowest BCUT2D eigenvalue weighted by atomic mass is 10.1. The van der Waals surface area contributed by atoms with Crippen LogP contribution in [0.1, 0.15) is 84.0 Å². The highest BCUT2D eigenvalue weighted by atomic mass is 16.4. The second-order valence-corrected chi connectivity index (χ2v) is 6.65. The van der Waals surface area contributed by atoms with Crippen molar-refractivity contribution >= 4 is 5.97 Å². The van der Waals surface area contributed by atoms with Crippen molar-refractivity contribution in [1.29, 1.82) is 0 Å². The summed E-state index contributed by atoms with van der Waals surface area (Å²) in [5.41, 5.74) is 0. The molecular weight excluding hydrogens is 272 g/mol. The number of carboxylic acids is 1. The van der Waals surface area contributed by atoms with Crippen LogP contribution in [0, 0.1) is 11.8 Å². The van der Waals surface area contributed by atoms with Crippen molar-refractivity contribution in [3.05, 3.63) is 24.3 Å². The van der Waals surface area contributed by atoms with E-state index in [4.69, 9.17) is 5.11 Å². The normalized spacial score (nSPS) is 21.0. The maximum atomic E-state index is 10.3. The maximum absolute atomic E-state index is 10.3. The van der Waals surface area contributed by atoms with Gasteiger partial charge in [-0.25, -0.2) is 0 Å². The van der Waals surface area contributed by atoms with Gasteiger partial charge in [0.25, 0.3) is 0 Å². The van der Waals surface area contributed by atoms with Gasteiger partial charge in [-0.3, -0.25) is 4.79 Å². The number of aliphatic carboxylic acids is 1. The Labute approximate surface area is 136 Å². The van der Waals surface area contributed by atoms with Crippen molar-refractivity contribution in [1.82, 2.24) is 0 Å². The second kappa shape index (κ2) is 12.5. The fraction of sp³-hybridized carbons (Fsp3) is 0.750. The topological polar surface area (TPSA) is 37.3 Å². The van der Waals surface area contributed by atoms with E-state index in [1.54, 1.807) is 0 Å². The number of hydrogen-bond donors (Lipinski definition) is 1. The number of unbranched alkanes of at least 4 members (excludes halogenated alkanes) is 4.